The first-order chi connectivity index (χ1) is 16.8. The fourth-order valence-corrected chi connectivity index (χ4v) is 5.17. The summed E-state index contributed by atoms with van der Waals surface area (Å²) in [6.07, 6.45) is 0.407. The van der Waals surface area contributed by atoms with Gasteiger partial charge in [0.15, 0.2) is 0 Å². The Bertz CT molecular complexity index is 1410. The summed E-state index contributed by atoms with van der Waals surface area (Å²) < 4.78 is 10.8. The van der Waals surface area contributed by atoms with Crippen molar-refractivity contribution in [1.29, 1.82) is 0 Å². The Morgan fingerprint density at radius 1 is 1.09 bits per heavy atom. The maximum absolute atomic E-state index is 13.6. The molecule has 2 aromatic carbocycles. The van der Waals surface area contributed by atoms with Crippen molar-refractivity contribution in [2.75, 3.05) is 12.4 Å². The van der Waals surface area contributed by atoms with E-state index in [2.05, 4.69) is 5.32 Å². The van der Waals surface area contributed by atoms with Crippen molar-refractivity contribution < 1.29 is 19.1 Å². The zero-order chi connectivity index (χ0) is 25.1. The van der Waals surface area contributed by atoms with E-state index in [0.717, 1.165) is 21.4 Å². The summed E-state index contributed by atoms with van der Waals surface area (Å²) in [4.78, 5) is 32.3. The first-order valence-electron chi connectivity index (χ1n) is 11.5. The maximum atomic E-state index is 13.6. The van der Waals surface area contributed by atoms with Gasteiger partial charge in [0.1, 0.15) is 10.8 Å². The van der Waals surface area contributed by atoms with E-state index < -0.39 is 5.97 Å². The molecule has 0 spiro atoms. The number of hydrogen-bond acceptors (Lipinski definition) is 6. The molecule has 1 N–H and O–H groups in total. The molecule has 1 amide bonds. The number of carbonyl (C=O) groups is 2. The van der Waals surface area contributed by atoms with Gasteiger partial charge in [-0.3, -0.25) is 4.79 Å². The molecule has 35 heavy (non-hydrogen) atoms. The molecule has 0 fully saturated rings. The molecule has 0 atom stereocenters. The second kappa shape index (κ2) is 10.3. The summed E-state index contributed by atoms with van der Waals surface area (Å²) >= 11 is 1.39. The van der Waals surface area contributed by atoms with Gasteiger partial charge in [0.2, 0.25) is 0 Å². The Morgan fingerprint density at radius 3 is 2.57 bits per heavy atom. The number of pyridine rings is 1. The molecule has 0 aliphatic rings. The van der Waals surface area contributed by atoms with E-state index in [0.29, 0.717) is 39.5 Å². The summed E-state index contributed by atoms with van der Waals surface area (Å²) in [5.74, 6) is -0.0266. The normalized spacial score (nSPS) is 11.0. The van der Waals surface area contributed by atoms with Crippen LogP contribution in [0.2, 0.25) is 0 Å². The van der Waals surface area contributed by atoms with Gasteiger partial charge in [0.05, 0.1) is 35.6 Å². The van der Waals surface area contributed by atoms with E-state index in [9.17, 15) is 9.59 Å². The van der Waals surface area contributed by atoms with Crippen LogP contribution in [0.3, 0.4) is 0 Å². The molecule has 0 unspecified atom stereocenters. The van der Waals surface area contributed by atoms with Crippen molar-refractivity contribution in [3.63, 3.8) is 0 Å². The number of hydrogen-bond donors (Lipinski definition) is 1. The molecular weight excluding hydrogens is 460 g/mol. The van der Waals surface area contributed by atoms with Crippen molar-refractivity contribution >= 4 is 39.1 Å². The largest absolute Gasteiger partial charge is 0.497 e. The molecule has 0 saturated heterocycles. The number of rotatable bonds is 7. The third kappa shape index (κ3) is 5.05. The molecule has 180 valence electrons. The summed E-state index contributed by atoms with van der Waals surface area (Å²) in [5.41, 5.74) is 4.00. The molecule has 2 heterocycles. The number of amides is 1. The predicted molar refractivity (Wildman–Crippen MR) is 141 cm³/mol. The van der Waals surface area contributed by atoms with Crippen LogP contribution < -0.4 is 10.1 Å². The van der Waals surface area contributed by atoms with Crippen LogP contribution in [-0.2, 0) is 11.2 Å². The summed E-state index contributed by atoms with van der Waals surface area (Å²) in [6, 6.07) is 16.9. The summed E-state index contributed by atoms with van der Waals surface area (Å²) in [5, 5.41) is 4.22. The molecule has 0 bridgehead atoms. The van der Waals surface area contributed by atoms with Crippen molar-refractivity contribution in [1.82, 2.24) is 4.98 Å². The van der Waals surface area contributed by atoms with E-state index >= 15 is 0 Å². The lowest BCUT2D eigenvalue weighted by Gasteiger charge is -2.13. The number of anilines is 1. The third-order valence-corrected chi connectivity index (χ3v) is 6.73. The van der Waals surface area contributed by atoms with E-state index in [4.69, 9.17) is 14.5 Å². The highest BCUT2D eigenvalue weighted by Gasteiger charge is 2.25. The SMILES string of the molecule is CCc1c(C)sc(NC(=O)c2cc(-c3cccc(OC)c3)nc3ccccc23)c1C(=O)OC(C)C. The van der Waals surface area contributed by atoms with Gasteiger partial charge in [-0.15, -0.1) is 11.3 Å². The molecule has 6 nitrogen and oxygen atoms in total. The number of aromatic nitrogens is 1. The lowest BCUT2D eigenvalue weighted by Crippen LogP contribution is -2.17. The first-order valence-corrected chi connectivity index (χ1v) is 12.3. The van der Waals surface area contributed by atoms with Crippen LogP contribution in [0.4, 0.5) is 5.00 Å². The second-order valence-corrected chi connectivity index (χ2v) is 9.63. The quantitative estimate of drug-likeness (QED) is 0.294. The van der Waals surface area contributed by atoms with Crippen molar-refractivity contribution in [3.05, 3.63) is 76.2 Å². The maximum Gasteiger partial charge on any atom is 0.341 e. The van der Waals surface area contributed by atoms with Crippen molar-refractivity contribution in [2.45, 2.75) is 40.2 Å². The average molecular weight is 489 g/mol. The van der Waals surface area contributed by atoms with Gasteiger partial charge in [-0.05, 0) is 57.0 Å². The number of aryl methyl sites for hydroxylation is 1. The van der Waals surface area contributed by atoms with Gasteiger partial charge in [-0.1, -0.05) is 37.3 Å². The number of thiophene rings is 1. The number of carbonyl (C=O) groups excluding carboxylic acids is 2. The number of benzene rings is 2. The van der Waals surface area contributed by atoms with Gasteiger partial charge in [-0.25, -0.2) is 9.78 Å². The minimum Gasteiger partial charge on any atom is -0.497 e. The van der Waals surface area contributed by atoms with Crippen LogP contribution in [0.5, 0.6) is 5.75 Å². The number of methoxy groups -OCH3 is 1. The number of ether oxygens (including phenoxy) is 2. The predicted octanol–water partition coefficient (Wildman–Crippen LogP) is 6.66. The lowest BCUT2D eigenvalue weighted by atomic mass is 10.0. The number of nitrogens with one attached hydrogen (secondary N) is 1. The Hall–Kier alpha value is -3.71. The molecular formula is C28H28N2O4S. The van der Waals surface area contributed by atoms with Crippen molar-refractivity contribution in [3.8, 4) is 17.0 Å². The standard InChI is InChI=1S/C28H28N2O4S/c1-6-20-17(4)35-27(25(20)28(32)34-16(2)3)30-26(31)22-15-24(18-10-9-11-19(14-18)33-5)29-23-13-8-7-12-21(22)23/h7-16H,6H2,1-5H3,(H,30,31). The Kier molecular flexibility index (Phi) is 7.17. The van der Waals surface area contributed by atoms with E-state index in [1.807, 2.05) is 76.2 Å². The van der Waals surface area contributed by atoms with Gasteiger partial charge in [0.25, 0.3) is 5.91 Å². The Balaban J connectivity index is 1.79. The molecule has 0 saturated carbocycles. The Labute approximate surface area is 208 Å². The smallest absolute Gasteiger partial charge is 0.341 e. The molecule has 4 rings (SSSR count). The number of nitrogens with zero attached hydrogens (tertiary/aromatic N) is 1. The molecule has 4 aromatic rings. The van der Waals surface area contributed by atoms with Gasteiger partial charge < -0.3 is 14.8 Å². The lowest BCUT2D eigenvalue weighted by molar-refractivity contribution is 0.0378. The monoisotopic (exact) mass is 488 g/mol. The van der Waals surface area contributed by atoms with Gasteiger partial charge in [-0.2, -0.15) is 0 Å². The van der Waals surface area contributed by atoms with Crippen LogP contribution >= 0.6 is 11.3 Å². The molecule has 0 aliphatic heterocycles. The van der Waals surface area contributed by atoms with Crippen LogP contribution in [-0.4, -0.2) is 30.1 Å². The number of esters is 1. The highest BCUT2D eigenvalue weighted by Crippen LogP contribution is 2.35. The molecule has 0 aliphatic carbocycles. The minimum absolute atomic E-state index is 0.259. The van der Waals surface area contributed by atoms with Crippen LogP contribution in [0.1, 0.15) is 51.9 Å². The fraction of sp³-hybridized carbons (Fsp3) is 0.250. The minimum atomic E-state index is -0.423. The van der Waals surface area contributed by atoms with E-state index in [1.54, 1.807) is 13.2 Å². The zero-order valence-electron chi connectivity index (χ0n) is 20.5. The summed E-state index contributed by atoms with van der Waals surface area (Å²) in [6.45, 7) is 7.56. The Morgan fingerprint density at radius 2 is 1.86 bits per heavy atom. The van der Waals surface area contributed by atoms with Crippen molar-refractivity contribution in [2.24, 2.45) is 0 Å². The second-order valence-electron chi connectivity index (χ2n) is 8.41. The highest BCUT2D eigenvalue weighted by atomic mass is 32.1. The topological polar surface area (TPSA) is 77.5 Å². The first kappa shape index (κ1) is 24.4. The summed E-state index contributed by atoms with van der Waals surface area (Å²) in [7, 11) is 1.61. The van der Waals surface area contributed by atoms with E-state index in [1.165, 1.54) is 11.3 Å². The van der Waals surface area contributed by atoms with Crippen LogP contribution in [0.25, 0.3) is 22.2 Å². The fourth-order valence-electron chi connectivity index (χ4n) is 4.05. The van der Waals surface area contributed by atoms with Gasteiger partial charge in [0, 0.05) is 15.8 Å². The zero-order valence-corrected chi connectivity index (χ0v) is 21.3. The average Bonchev–Trinajstić information content (AvgIpc) is 3.17. The molecule has 2 aromatic heterocycles. The third-order valence-electron chi connectivity index (χ3n) is 5.66. The van der Waals surface area contributed by atoms with E-state index in [-0.39, 0.29) is 12.0 Å². The van der Waals surface area contributed by atoms with Gasteiger partial charge >= 0.3 is 5.97 Å². The molecule has 7 heteroatoms. The van der Waals surface area contributed by atoms with Crippen LogP contribution in [0, 0.1) is 6.92 Å². The molecule has 0 radical (unpaired) electrons. The highest BCUT2D eigenvalue weighted by molar-refractivity contribution is 7.16. The number of fused-ring (bicyclic) bond motifs is 1. The van der Waals surface area contributed by atoms with Crippen LogP contribution in [0.15, 0.2) is 54.6 Å². The number of para-hydroxylation sites is 1.